The summed E-state index contributed by atoms with van der Waals surface area (Å²) in [5, 5.41) is 0. The molecule has 3 aromatic rings. The largest absolute Gasteiger partial charge is 0.486 e. The van der Waals surface area contributed by atoms with Crippen molar-refractivity contribution in [3.05, 3.63) is 59.9 Å². The van der Waals surface area contributed by atoms with Gasteiger partial charge in [-0.2, -0.15) is 0 Å². The number of nitrogens with zero attached hydrogens (tertiary/aromatic N) is 3. The SMILES string of the molecule is CCc1ccc(OCc2nc3ccccc3n2CC(=O)N(C)C2CCCCC2)cc1. The third-order valence-electron chi connectivity index (χ3n) is 6.24. The summed E-state index contributed by atoms with van der Waals surface area (Å²) < 4.78 is 8.02. The molecule has 5 nitrogen and oxygen atoms in total. The minimum absolute atomic E-state index is 0.138. The summed E-state index contributed by atoms with van der Waals surface area (Å²) in [5.41, 5.74) is 3.15. The minimum atomic E-state index is 0.138. The first kappa shape index (κ1) is 20.5. The zero-order valence-corrected chi connectivity index (χ0v) is 18.0. The van der Waals surface area contributed by atoms with Crippen LogP contribution in [-0.4, -0.2) is 33.4 Å². The van der Waals surface area contributed by atoms with Gasteiger partial charge in [-0.3, -0.25) is 4.79 Å². The maximum atomic E-state index is 13.1. The van der Waals surface area contributed by atoms with Gasteiger partial charge < -0.3 is 14.2 Å². The maximum Gasteiger partial charge on any atom is 0.242 e. The summed E-state index contributed by atoms with van der Waals surface area (Å²) in [6, 6.07) is 16.5. The number of aryl methyl sites for hydroxylation is 1. The Labute approximate surface area is 178 Å². The van der Waals surface area contributed by atoms with E-state index < -0.39 is 0 Å². The highest BCUT2D eigenvalue weighted by atomic mass is 16.5. The first-order valence-electron chi connectivity index (χ1n) is 11.1. The Morgan fingerprint density at radius 2 is 1.83 bits per heavy atom. The molecule has 2 aromatic carbocycles. The quantitative estimate of drug-likeness (QED) is 0.558. The normalized spacial score (nSPS) is 14.7. The number of benzene rings is 2. The van der Waals surface area contributed by atoms with Gasteiger partial charge in [-0.25, -0.2) is 4.98 Å². The summed E-state index contributed by atoms with van der Waals surface area (Å²) in [4.78, 5) is 19.8. The van der Waals surface area contributed by atoms with Crippen molar-refractivity contribution >= 4 is 16.9 Å². The second-order valence-electron chi connectivity index (χ2n) is 8.19. The molecule has 1 aliphatic rings. The smallest absolute Gasteiger partial charge is 0.242 e. The van der Waals surface area contributed by atoms with Gasteiger partial charge in [0.05, 0.1) is 11.0 Å². The number of fused-ring (bicyclic) bond motifs is 1. The van der Waals surface area contributed by atoms with E-state index in [1.54, 1.807) is 0 Å². The van der Waals surface area contributed by atoms with Crippen molar-refractivity contribution in [2.75, 3.05) is 7.05 Å². The lowest BCUT2D eigenvalue weighted by molar-refractivity contribution is -0.133. The van der Waals surface area contributed by atoms with Crippen molar-refractivity contribution in [3.8, 4) is 5.75 Å². The predicted octanol–water partition coefficient (Wildman–Crippen LogP) is 4.97. The van der Waals surface area contributed by atoms with Crippen LogP contribution in [0.1, 0.15) is 50.4 Å². The molecular weight excluding hydrogens is 374 g/mol. The van der Waals surface area contributed by atoms with Crippen molar-refractivity contribution < 1.29 is 9.53 Å². The third kappa shape index (κ3) is 4.50. The molecule has 4 rings (SSSR count). The number of amides is 1. The Balaban J connectivity index is 1.52. The lowest BCUT2D eigenvalue weighted by Crippen LogP contribution is -2.40. The summed E-state index contributed by atoms with van der Waals surface area (Å²) >= 11 is 0. The lowest BCUT2D eigenvalue weighted by atomic mass is 9.94. The van der Waals surface area contributed by atoms with Gasteiger partial charge in [0.25, 0.3) is 0 Å². The van der Waals surface area contributed by atoms with Crippen molar-refractivity contribution in [1.29, 1.82) is 0 Å². The molecule has 1 amide bonds. The van der Waals surface area contributed by atoms with Gasteiger partial charge in [-0.1, -0.05) is 50.5 Å². The highest BCUT2D eigenvalue weighted by Crippen LogP contribution is 2.23. The van der Waals surface area contributed by atoms with Crippen LogP contribution in [0.15, 0.2) is 48.5 Å². The van der Waals surface area contributed by atoms with E-state index in [0.717, 1.165) is 41.9 Å². The number of hydrogen-bond donors (Lipinski definition) is 0. The van der Waals surface area contributed by atoms with Crippen LogP contribution >= 0.6 is 0 Å². The fourth-order valence-corrected chi connectivity index (χ4v) is 4.30. The van der Waals surface area contributed by atoms with Crippen molar-refractivity contribution in [3.63, 3.8) is 0 Å². The number of para-hydroxylation sites is 2. The molecule has 0 bridgehead atoms. The summed E-state index contributed by atoms with van der Waals surface area (Å²) in [7, 11) is 1.95. The fraction of sp³-hybridized carbons (Fsp3) is 0.440. The molecule has 1 fully saturated rings. The van der Waals surface area contributed by atoms with Gasteiger partial charge >= 0.3 is 0 Å². The van der Waals surface area contributed by atoms with Crippen LogP contribution in [0.4, 0.5) is 0 Å². The molecule has 0 aliphatic heterocycles. The number of aromatic nitrogens is 2. The molecule has 0 spiro atoms. The average Bonchev–Trinajstić information content (AvgIpc) is 3.15. The number of likely N-dealkylation sites (N-methyl/N-ethyl adjacent to an activating group) is 1. The monoisotopic (exact) mass is 405 g/mol. The minimum Gasteiger partial charge on any atom is -0.486 e. The van der Waals surface area contributed by atoms with E-state index in [1.807, 2.05) is 52.9 Å². The highest BCUT2D eigenvalue weighted by molar-refractivity contribution is 5.81. The molecular formula is C25H31N3O2. The van der Waals surface area contributed by atoms with Gasteiger partial charge in [0.1, 0.15) is 24.7 Å². The standard InChI is InChI=1S/C25H31N3O2/c1-3-19-13-15-21(16-14-19)30-18-24-26-22-11-7-8-12-23(22)28(24)17-25(29)27(2)20-9-5-4-6-10-20/h7-8,11-16,20H,3-6,9-10,17-18H2,1-2H3. The lowest BCUT2D eigenvalue weighted by Gasteiger charge is -2.31. The van der Waals surface area contributed by atoms with Crippen LogP contribution in [0.2, 0.25) is 0 Å². The third-order valence-corrected chi connectivity index (χ3v) is 6.24. The summed E-state index contributed by atoms with van der Waals surface area (Å²) in [6.45, 7) is 2.77. The van der Waals surface area contributed by atoms with E-state index >= 15 is 0 Å². The van der Waals surface area contributed by atoms with E-state index in [-0.39, 0.29) is 5.91 Å². The van der Waals surface area contributed by atoms with Gasteiger partial charge in [0.15, 0.2) is 0 Å². The van der Waals surface area contributed by atoms with Gasteiger partial charge in [0.2, 0.25) is 5.91 Å². The Kier molecular flexibility index (Phi) is 6.36. The van der Waals surface area contributed by atoms with Crippen LogP contribution in [0.5, 0.6) is 5.75 Å². The van der Waals surface area contributed by atoms with E-state index in [2.05, 4.69) is 19.1 Å². The van der Waals surface area contributed by atoms with Gasteiger partial charge in [-0.15, -0.1) is 0 Å². The van der Waals surface area contributed by atoms with Crippen molar-refractivity contribution in [1.82, 2.24) is 14.5 Å². The van der Waals surface area contributed by atoms with Crippen molar-refractivity contribution in [2.24, 2.45) is 0 Å². The Morgan fingerprint density at radius 3 is 2.57 bits per heavy atom. The summed E-state index contributed by atoms with van der Waals surface area (Å²) in [6.07, 6.45) is 6.93. The average molecular weight is 406 g/mol. The number of hydrogen-bond acceptors (Lipinski definition) is 3. The molecule has 158 valence electrons. The van der Waals surface area contributed by atoms with Crippen LogP contribution in [0.25, 0.3) is 11.0 Å². The van der Waals surface area contributed by atoms with Crippen LogP contribution in [0, 0.1) is 0 Å². The van der Waals surface area contributed by atoms with Crippen LogP contribution in [0.3, 0.4) is 0 Å². The number of rotatable bonds is 7. The zero-order valence-electron chi connectivity index (χ0n) is 18.0. The first-order valence-corrected chi connectivity index (χ1v) is 11.1. The van der Waals surface area contributed by atoms with Crippen molar-refractivity contribution in [2.45, 2.75) is 64.6 Å². The summed E-state index contributed by atoms with van der Waals surface area (Å²) in [5.74, 6) is 1.73. The van der Waals surface area contributed by atoms with Gasteiger partial charge in [-0.05, 0) is 49.1 Å². The first-order chi connectivity index (χ1) is 14.7. The zero-order chi connectivity index (χ0) is 20.9. The maximum absolute atomic E-state index is 13.1. The molecule has 0 N–H and O–H groups in total. The molecule has 1 saturated carbocycles. The van der Waals surface area contributed by atoms with E-state index in [1.165, 1.54) is 24.8 Å². The molecule has 0 atom stereocenters. The van der Waals surface area contributed by atoms with Crippen LogP contribution < -0.4 is 4.74 Å². The van der Waals surface area contributed by atoms with Gasteiger partial charge in [0, 0.05) is 13.1 Å². The second kappa shape index (κ2) is 9.33. The molecule has 1 aliphatic carbocycles. The molecule has 0 unspecified atom stereocenters. The Bertz CT molecular complexity index is 987. The number of carbonyl (C=O) groups excluding carboxylic acids is 1. The number of ether oxygens (including phenoxy) is 1. The molecule has 0 radical (unpaired) electrons. The number of imidazole rings is 1. The highest BCUT2D eigenvalue weighted by Gasteiger charge is 2.23. The Morgan fingerprint density at radius 1 is 1.10 bits per heavy atom. The Hall–Kier alpha value is -2.82. The fourth-order valence-electron chi connectivity index (χ4n) is 4.30. The van der Waals surface area contributed by atoms with E-state index in [0.29, 0.717) is 19.2 Å². The topological polar surface area (TPSA) is 47.4 Å². The van der Waals surface area contributed by atoms with E-state index in [9.17, 15) is 4.79 Å². The molecule has 30 heavy (non-hydrogen) atoms. The second-order valence-corrected chi connectivity index (χ2v) is 8.19. The van der Waals surface area contributed by atoms with Crippen LogP contribution in [-0.2, 0) is 24.4 Å². The van der Waals surface area contributed by atoms with E-state index in [4.69, 9.17) is 9.72 Å². The molecule has 1 aromatic heterocycles. The predicted molar refractivity (Wildman–Crippen MR) is 120 cm³/mol. The molecule has 5 heteroatoms. The molecule has 0 saturated heterocycles. The molecule has 1 heterocycles. The number of carbonyl (C=O) groups is 1.